The van der Waals surface area contributed by atoms with Crippen LogP contribution in [0.2, 0.25) is 0 Å². The van der Waals surface area contributed by atoms with Crippen LogP contribution in [0.4, 0.5) is 0 Å². The molecule has 0 atom stereocenters. The molecule has 1 aromatic carbocycles. The van der Waals surface area contributed by atoms with Crippen molar-refractivity contribution in [3.8, 4) is 11.3 Å². The third-order valence-electron chi connectivity index (χ3n) is 2.79. The van der Waals surface area contributed by atoms with Gasteiger partial charge < -0.3 is 4.40 Å². The highest BCUT2D eigenvalue weighted by Gasteiger charge is 2.10. The van der Waals surface area contributed by atoms with E-state index in [0.29, 0.717) is 5.88 Å². The first-order valence-electron chi connectivity index (χ1n) is 5.47. The van der Waals surface area contributed by atoms with Crippen molar-refractivity contribution in [3.05, 3.63) is 60.6 Å². The molecule has 0 aliphatic carbocycles. The van der Waals surface area contributed by atoms with Gasteiger partial charge in [0.05, 0.1) is 17.1 Å². The van der Waals surface area contributed by atoms with Crippen molar-refractivity contribution in [2.24, 2.45) is 0 Å². The van der Waals surface area contributed by atoms with Gasteiger partial charge in [0.15, 0.2) is 0 Å². The van der Waals surface area contributed by atoms with Crippen molar-refractivity contribution < 1.29 is 0 Å². The predicted molar refractivity (Wildman–Crippen MR) is 70.2 cm³/mol. The molecule has 3 rings (SSSR count). The summed E-state index contributed by atoms with van der Waals surface area (Å²) < 4.78 is 2.04. The van der Waals surface area contributed by atoms with E-state index in [2.05, 4.69) is 23.2 Å². The Morgan fingerprint density at radius 2 is 1.76 bits per heavy atom. The molecule has 0 aliphatic rings. The lowest BCUT2D eigenvalue weighted by molar-refractivity contribution is 1.02. The van der Waals surface area contributed by atoms with E-state index in [1.807, 2.05) is 40.9 Å². The Morgan fingerprint density at radius 3 is 2.53 bits per heavy atom. The lowest BCUT2D eigenvalue weighted by atomic mass is 10.1. The van der Waals surface area contributed by atoms with Crippen LogP contribution in [-0.2, 0) is 5.88 Å². The van der Waals surface area contributed by atoms with Crippen LogP contribution in [0, 0.1) is 0 Å². The third-order valence-corrected chi connectivity index (χ3v) is 3.03. The van der Waals surface area contributed by atoms with Crippen LogP contribution in [0.3, 0.4) is 0 Å². The number of hydrogen-bond acceptors (Lipinski definition) is 1. The average molecular weight is 243 g/mol. The molecule has 0 bridgehead atoms. The van der Waals surface area contributed by atoms with Gasteiger partial charge in [-0.15, -0.1) is 11.6 Å². The van der Waals surface area contributed by atoms with Gasteiger partial charge in [0.25, 0.3) is 0 Å². The lowest BCUT2D eigenvalue weighted by Gasteiger charge is -1.98. The van der Waals surface area contributed by atoms with E-state index in [1.165, 1.54) is 0 Å². The summed E-state index contributed by atoms with van der Waals surface area (Å²) in [5.74, 6) is 1.29. The van der Waals surface area contributed by atoms with Crippen molar-refractivity contribution in [2.45, 2.75) is 5.88 Å². The van der Waals surface area contributed by atoms with E-state index in [0.717, 1.165) is 22.6 Å². The predicted octanol–water partition coefficient (Wildman–Crippen LogP) is 3.74. The molecule has 84 valence electrons. The molecule has 17 heavy (non-hydrogen) atoms. The number of aromatic nitrogens is 2. The summed E-state index contributed by atoms with van der Waals surface area (Å²) in [4.78, 5) is 4.61. The second-order valence-electron chi connectivity index (χ2n) is 3.83. The zero-order chi connectivity index (χ0) is 11.7. The molecule has 0 fully saturated rings. The monoisotopic (exact) mass is 242 g/mol. The molecule has 0 saturated heterocycles. The third kappa shape index (κ3) is 1.71. The molecule has 2 heterocycles. The molecular formula is C14H11ClN2. The van der Waals surface area contributed by atoms with Gasteiger partial charge >= 0.3 is 0 Å². The van der Waals surface area contributed by atoms with Gasteiger partial charge in [-0.2, -0.15) is 0 Å². The Morgan fingerprint density at radius 1 is 1.00 bits per heavy atom. The summed E-state index contributed by atoms with van der Waals surface area (Å²) in [6, 6.07) is 16.2. The van der Waals surface area contributed by atoms with E-state index in [9.17, 15) is 0 Å². The van der Waals surface area contributed by atoms with E-state index in [-0.39, 0.29) is 0 Å². The SMILES string of the molecule is ClCc1nc(-c2ccccc2)c2ccccn12. The topological polar surface area (TPSA) is 17.3 Å². The van der Waals surface area contributed by atoms with Gasteiger partial charge in [-0.25, -0.2) is 4.98 Å². The standard InChI is InChI=1S/C14H11ClN2/c15-10-13-16-14(11-6-2-1-3-7-11)12-8-4-5-9-17(12)13/h1-9H,10H2. The van der Waals surface area contributed by atoms with E-state index >= 15 is 0 Å². The number of hydrogen-bond donors (Lipinski definition) is 0. The number of imidazole rings is 1. The Hall–Kier alpha value is -1.80. The molecule has 3 heteroatoms. The Labute approximate surface area is 104 Å². The summed E-state index contributed by atoms with van der Waals surface area (Å²) in [6.45, 7) is 0. The van der Waals surface area contributed by atoms with E-state index in [4.69, 9.17) is 11.6 Å². The van der Waals surface area contributed by atoms with Gasteiger partial charge in [-0.05, 0) is 12.1 Å². The molecule has 0 aliphatic heterocycles. The summed E-state index contributed by atoms with van der Waals surface area (Å²) in [5, 5.41) is 0. The summed E-state index contributed by atoms with van der Waals surface area (Å²) >= 11 is 5.92. The van der Waals surface area contributed by atoms with Gasteiger partial charge in [0, 0.05) is 11.8 Å². The quantitative estimate of drug-likeness (QED) is 0.626. The zero-order valence-corrected chi connectivity index (χ0v) is 9.93. The van der Waals surface area contributed by atoms with E-state index in [1.54, 1.807) is 0 Å². The molecule has 0 saturated carbocycles. The Kier molecular flexibility index (Phi) is 2.57. The number of halogens is 1. The molecule has 2 aromatic heterocycles. The maximum atomic E-state index is 5.92. The van der Waals surface area contributed by atoms with Gasteiger partial charge in [0.1, 0.15) is 5.82 Å². The first kappa shape index (κ1) is 10.4. The highest BCUT2D eigenvalue weighted by Crippen LogP contribution is 2.25. The summed E-state index contributed by atoms with van der Waals surface area (Å²) in [6.07, 6.45) is 1.99. The Bertz CT molecular complexity index is 644. The molecule has 0 radical (unpaired) electrons. The van der Waals surface area contributed by atoms with Crippen molar-refractivity contribution in [3.63, 3.8) is 0 Å². The van der Waals surface area contributed by atoms with Gasteiger partial charge in [0.2, 0.25) is 0 Å². The minimum atomic E-state index is 0.415. The van der Waals surface area contributed by atoms with Gasteiger partial charge in [-0.3, -0.25) is 0 Å². The van der Waals surface area contributed by atoms with Crippen LogP contribution in [0.25, 0.3) is 16.8 Å². The maximum Gasteiger partial charge on any atom is 0.128 e. The first-order chi connectivity index (χ1) is 8.40. The first-order valence-corrected chi connectivity index (χ1v) is 6.01. The fourth-order valence-corrected chi connectivity index (χ4v) is 2.19. The number of rotatable bonds is 2. The van der Waals surface area contributed by atoms with Crippen molar-refractivity contribution >= 4 is 17.1 Å². The minimum absolute atomic E-state index is 0.415. The molecule has 0 unspecified atom stereocenters. The second-order valence-corrected chi connectivity index (χ2v) is 4.10. The minimum Gasteiger partial charge on any atom is -0.302 e. The number of alkyl halides is 1. The molecule has 3 aromatic rings. The number of pyridine rings is 1. The normalized spacial score (nSPS) is 10.9. The number of fused-ring (bicyclic) bond motifs is 1. The zero-order valence-electron chi connectivity index (χ0n) is 9.18. The molecule has 0 spiro atoms. The fraction of sp³-hybridized carbons (Fsp3) is 0.0714. The van der Waals surface area contributed by atoms with Crippen LogP contribution in [0.15, 0.2) is 54.7 Å². The molecule has 2 nitrogen and oxygen atoms in total. The number of benzene rings is 1. The average Bonchev–Trinajstić information content (AvgIpc) is 2.78. The van der Waals surface area contributed by atoms with Crippen LogP contribution < -0.4 is 0 Å². The fourth-order valence-electron chi connectivity index (χ4n) is 2.00. The van der Waals surface area contributed by atoms with Crippen LogP contribution in [0.5, 0.6) is 0 Å². The highest BCUT2D eigenvalue weighted by molar-refractivity contribution is 6.16. The van der Waals surface area contributed by atoms with Crippen molar-refractivity contribution in [2.75, 3.05) is 0 Å². The molecule has 0 amide bonds. The van der Waals surface area contributed by atoms with Crippen LogP contribution in [0.1, 0.15) is 5.82 Å². The highest BCUT2D eigenvalue weighted by atomic mass is 35.5. The second kappa shape index (κ2) is 4.22. The lowest BCUT2D eigenvalue weighted by Crippen LogP contribution is -1.88. The summed E-state index contributed by atoms with van der Waals surface area (Å²) in [7, 11) is 0. The maximum absolute atomic E-state index is 5.92. The van der Waals surface area contributed by atoms with Gasteiger partial charge in [-0.1, -0.05) is 36.4 Å². The largest absolute Gasteiger partial charge is 0.302 e. The number of nitrogens with zero attached hydrogens (tertiary/aromatic N) is 2. The van der Waals surface area contributed by atoms with E-state index < -0.39 is 0 Å². The Balaban J connectivity index is 2.31. The summed E-state index contributed by atoms with van der Waals surface area (Å²) in [5.41, 5.74) is 3.20. The van der Waals surface area contributed by atoms with Crippen LogP contribution in [-0.4, -0.2) is 9.38 Å². The van der Waals surface area contributed by atoms with Crippen LogP contribution >= 0.6 is 11.6 Å². The van der Waals surface area contributed by atoms with Crippen molar-refractivity contribution in [1.82, 2.24) is 9.38 Å². The molecular weight excluding hydrogens is 232 g/mol. The van der Waals surface area contributed by atoms with Crippen molar-refractivity contribution in [1.29, 1.82) is 0 Å². The molecule has 0 N–H and O–H groups in total. The smallest absolute Gasteiger partial charge is 0.128 e.